The zero-order chi connectivity index (χ0) is 15.5. The van der Waals surface area contributed by atoms with Gasteiger partial charge in [0, 0.05) is 5.39 Å². The van der Waals surface area contributed by atoms with Gasteiger partial charge in [0.05, 0.1) is 13.2 Å². The third kappa shape index (κ3) is 1.88. The van der Waals surface area contributed by atoms with Crippen molar-refractivity contribution in [1.82, 2.24) is 0 Å². The van der Waals surface area contributed by atoms with E-state index in [-0.39, 0.29) is 23.3 Å². The van der Waals surface area contributed by atoms with Gasteiger partial charge in [0.15, 0.2) is 0 Å². The van der Waals surface area contributed by atoms with E-state index < -0.39 is 0 Å². The maximum Gasteiger partial charge on any atom is 0.131 e. The lowest BCUT2D eigenvalue weighted by Crippen LogP contribution is -2.27. The fourth-order valence-electron chi connectivity index (χ4n) is 4.66. The molecule has 22 heavy (non-hydrogen) atoms. The van der Waals surface area contributed by atoms with Gasteiger partial charge < -0.3 is 9.84 Å². The van der Waals surface area contributed by atoms with Gasteiger partial charge in [-0.05, 0) is 77.8 Å². The summed E-state index contributed by atoms with van der Waals surface area (Å²) >= 11 is 0. The lowest BCUT2D eigenvalue weighted by molar-refractivity contribution is 0.159. The van der Waals surface area contributed by atoms with Gasteiger partial charge in [-0.25, -0.2) is 4.39 Å². The molecule has 0 amide bonds. The molecule has 0 aliphatic heterocycles. The van der Waals surface area contributed by atoms with Crippen molar-refractivity contribution in [1.29, 1.82) is 0 Å². The number of methoxy groups -OCH3 is 1. The Morgan fingerprint density at radius 3 is 2.86 bits per heavy atom. The van der Waals surface area contributed by atoms with Gasteiger partial charge in [-0.2, -0.15) is 0 Å². The Labute approximate surface area is 129 Å². The van der Waals surface area contributed by atoms with Gasteiger partial charge in [-0.3, -0.25) is 0 Å². The minimum Gasteiger partial charge on any atom is -0.497 e. The molecule has 3 heteroatoms. The summed E-state index contributed by atoms with van der Waals surface area (Å²) in [6.07, 6.45) is 3.32. The minimum atomic E-state index is -0.259. The first kappa shape index (κ1) is 14.0. The zero-order valence-corrected chi connectivity index (χ0v) is 13.0. The van der Waals surface area contributed by atoms with Crippen molar-refractivity contribution < 1.29 is 14.2 Å². The summed E-state index contributed by atoms with van der Waals surface area (Å²) in [4.78, 5) is 0. The molecule has 2 aliphatic carbocycles. The van der Waals surface area contributed by atoms with Crippen LogP contribution in [0.25, 0.3) is 10.8 Å². The summed E-state index contributed by atoms with van der Waals surface area (Å²) < 4.78 is 19.9. The molecule has 1 fully saturated rings. The van der Waals surface area contributed by atoms with Crippen molar-refractivity contribution in [2.75, 3.05) is 7.11 Å². The number of hydrogen-bond donors (Lipinski definition) is 1. The molecule has 0 spiro atoms. The van der Waals surface area contributed by atoms with Crippen molar-refractivity contribution in [3.8, 4) is 5.75 Å². The Morgan fingerprint density at radius 2 is 2.09 bits per heavy atom. The average molecular weight is 300 g/mol. The molecule has 4 rings (SSSR count). The third-order valence-corrected chi connectivity index (χ3v) is 5.81. The Hall–Kier alpha value is -1.61. The van der Waals surface area contributed by atoms with Crippen molar-refractivity contribution in [3.63, 3.8) is 0 Å². The predicted molar refractivity (Wildman–Crippen MR) is 84.9 cm³/mol. The first-order chi connectivity index (χ1) is 10.5. The molecule has 0 unspecified atom stereocenters. The highest BCUT2D eigenvalue weighted by molar-refractivity contribution is 5.89. The van der Waals surface area contributed by atoms with Crippen molar-refractivity contribution in [2.24, 2.45) is 5.41 Å². The van der Waals surface area contributed by atoms with Crippen LogP contribution in [-0.4, -0.2) is 18.3 Å². The van der Waals surface area contributed by atoms with Gasteiger partial charge >= 0.3 is 0 Å². The first-order valence-corrected chi connectivity index (χ1v) is 7.99. The minimum absolute atomic E-state index is 0.103. The standard InChI is InChI=1S/C19H21FO2/c1-19-6-5-13-15-8-12(22-2)3-4-14(15)18(20)9-16(13)17(19)7-11(21)10-19/h3-4,8-9,11,17,21H,5-7,10H2,1-2H3/t11-,17+,19-/m1/s1. The van der Waals surface area contributed by atoms with Crippen LogP contribution in [0.4, 0.5) is 4.39 Å². The molecular formula is C19H21FO2. The average Bonchev–Trinajstić information content (AvgIpc) is 2.81. The van der Waals surface area contributed by atoms with Crippen LogP contribution in [-0.2, 0) is 6.42 Å². The predicted octanol–water partition coefficient (Wildman–Crippen LogP) is 4.18. The smallest absolute Gasteiger partial charge is 0.131 e. The zero-order valence-electron chi connectivity index (χ0n) is 13.0. The second-order valence-corrected chi connectivity index (χ2v) is 7.14. The molecule has 0 saturated heterocycles. The molecule has 116 valence electrons. The normalized spacial score (nSPS) is 30.2. The summed E-state index contributed by atoms with van der Waals surface area (Å²) in [5.74, 6) is 0.860. The first-order valence-electron chi connectivity index (χ1n) is 7.99. The Kier molecular flexibility index (Phi) is 2.99. The van der Waals surface area contributed by atoms with E-state index in [0.29, 0.717) is 5.39 Å². The molecule has 3 atom stereocenters. The van der Waals surface area contributed by atoms with Crippen molar-refractivity contribution in [2.45, 2.75) is 44.6 Å². The molecular weight excluding hydrogens is 279 g/mol. The van der Waals surface area contributed by atoms with Gasteiger partial charge in [0.2, 0.25) is 0 Å². The van der Waals surface area contributed by atoms with Crippen LogP contribution in [0.2, 0.25) is 0 Å². The summed E-state index contributed by atoms with van der Waals surface area (Å²) in [5, 5.41) is 11.7. The van der Waals surface area contributed by atoms with Gasteiger partial charge in [0.1, 0.15) is 11.6 Å². The maximum atomic E-state index is 14.6. The number of rotatable bonds is 1. The highest BCUT2D eigenvalue weighted by atomic mass is 19.1. The topological polar surface area (TPSA) is 29.5 Å². The van der Waals surface area contributed by atoms with Crippen LogP contribution in [0.3, 0.4) is 0 Å². The van der Waals surface area contributed by atoms with E-state index in [9.17, 15) is 9.50 Å². The Balaban J connectivity index is 1.96. The highest BCUT2D eigenvalue weighted by Gasteiger charge is 2.47. The molecule has 2 aromatic carbocycles. The van der Waals surface area contributed by atoms with Crippen LogP contribution in [0.15, 0.2) is 24.3 Å². The van der Waals surface area contributed by atoms with E-state index in [1.54, 1.807) is 19.2 Å². The van der Waals surface area contributed by atoms with E-state index in [4.69, 9.17) is 4.74 Å². The summed E-state index contributed by atoms with van der Waals surface area (Å²) in [7, 11) is 1.64. The van der Waals surface area contributed by atoms with Gasteiger partial charge in [-0.15, -0.1) is 0 Å². The number of ether oxygens (including phenoxy) is 1. The van der Waals surface area contributed by atoms with E-state index >= 15 is 0 Å². The second-order valence-electron chi connectivity index (χ2n) is 7.14. The molecule has 0 bridgehead atoms. The van der Waals surface area contributed by atoms with E-state index in [1.165, 1.54) is 5.56 Å². The highest BCUT2D eigenvalue weighted by Crippen LogP contribution is 2.56. The number of fused-ring (bicyclic) bond motifs is 5. The summed E-state index contributed by atoms with van der Waals surface area (Å²) in [6, 6.07) is 7.28. The molecule has 0 aromatic heterocycles. The van der Waals surface area contributed by atoms with Crippen LogP contribution < -0.4 is 4.74 Å². The molecule has 2 aliphatic rings. The van der Waals surface area contributed by atoms with Crippen LogP contribution in [0, 0.1) is 11.2 Å². The van der Waals surface area contributed by atoms with Gasteiger partial charge in [0.25, 0.3) is 0 Å². The lowest BCUT2D eigenvalue weighted by atomic mass is 9.66. The summed E-state index contributed by atoms with van der Waals surface area (Å²) in [5.41, 5.74) is 2.45. The molecule has 0 heterocycles. The lowest BCUT2D eigenvalue weighted by Gasteiger charge is -2.38. The third-order valence-electron chi connectivity index (χ3n) is 5.81. The Bertz CT molecular complexity index is 755. The SMILES string of the molecule is COc1ccc2c(F)cc3c(c2c1)CC[C@]1(C)C[C@H](O)C[C@@H]31. The number of aliphatic hydroxyl groups is 1. The van der Waals surface area contributed by atoms with Crippen LogP contribution >= 0.6 is 0 Å². The number of aliphatic hydroxyl groups excluding tert-OH is 1. The fraction of sp³-hybridized carbons (Fsp3) is 0.474. The van der Waals surface area contributed by atoms with E-state index in [2.05, 4.69) is 6.92 Å². The largest absolute Gasteiger partial charge is 0.497 e. The molecule has 0 radical (unpaired) electrons. The van der Waals surface area contributed by atoms with E-state index in [1.807, 2.05) is 12.1 Å². The van der Waals surface area contributed by atoms with Crippen molar-refractivity contribution >= 4 is 10.8 Å². The number of hydrogen-bond acceptors (Lipinski definition) is 2. The van der Waals surface area contributed by atoms with E-state index in [0.717, 1.165) is 42.4 Å². The molecule has 1 saturated carbocycles. The quantitative estimate of drug-likeness (QED) is 0.856. The molecule has 2 aromatic rings. The van der Waals surface area contributed by atoms with Crippen molar-refractivity contribution in [3.05, 3.63) is 41.2 Å². The number of halogens is 1. The van der Waals surface area contributed by atoms with Crippen LogP contribution in [0.1, 0.15) is 43.2 Å². The molecule has 2 nitrogen and oxygen atoms in total. The van der Waals surface area contributed by atoms with Crippen LogP contribution in [0.5, 0.6) is 5.75 Å². The number of aryl methyl sites for hydroxylation is 1. The fourth-order valence-corrected chi connectivity index (χ4v) is 4.66. The Morgan fingerprint density at radius 1 is 1.27 bits per heavy atom. The molecule has 1 N–H and O–H groups in total. The summed E-state index contributed by atoms with van der Waals surface area (Å²) in [6.45, 7) is 2.24. The number of benzene rings is 2. The second kappa shape index (κ2) is 4.69. The maximum absolute atomic E-state index is 14.6. The van der Waals surface area contributed by atoms with Gasteiger partial charge in [-0.1, -0.05) is 6.92 Å². The monoisotopic (exact) mass is 300 g/mol.